The number of nitrogens with zero attached hydrogens (tertiary/aromatic N) is 1. The smallest absolute Gasteiger partial charge is 0.223 e. The second-order valence-corrected chi connectivity index (χ2v) is 8.50. The van der Waals surface area contributed by atoms with Crippen LogP contribution < -0.4 is 5.32 Å². The summed E-state index contributed by atoms with van der Waals surface area (Å²) in [7, 11) is -3.45. The van der Waals surface area contributed by atoms with Gasteiger partial charge in [-0.15, -0.1) is 6.58 Å². The van der Waals surface area contributed by atoms with Crippen molar-refractivity contribution in [1.29, 1.82) is 0 Å². The molecule has 132 valence electrons. The van der Waals surface area contributed by atoms with Crippen LogP contribution >= 0.6 is 23.2 Å². The highest BCUT2D eigenvalue weighted by atomic mass is 35.5. The summed E-state index contributed by atoms with van der Waals surface area (Å²) in [5.41, 5.74) is 0.593. The van der Waals surface area contributed by atoms with Crippen LogP contribution in [0, 0.1) is 5.92 Å². The molecule has 1 aliphatic rings. The number of amides is 1. The fourth-order valence-electron chi connectivity index (χ4n) is 2.64. The molecule has 8 heteroatoms. The van der Waals surface area contributed by atoms with Crippen LogP contribution in [-0.4, -0.2) is 38.3 Å². The monoisotopic (exact) mass is 390 g/mol. The molecule has 1 fully saturated rings. The Labute approximate surface area is 152 Å². The van der Waals surface area contributed by atoms with Gasteiger partial charge in [0.15, 0.2) is 0 Å². The zero-order valence-corrected chi connectivity index (χ0v) is 15.5. The Bertz CT molecular complexity index is 714. The maximum absolute atomic E-state index is 12.5. The lowest BCUT2D eigenvalue weighted by Crippen LogP contribution is -2.43. The van der Waals surface area contributed by atoms with Gasteiger partial charge >= 0.3 is 0 Å². The van der Waals surface area contributed by atoms with E-state index in [9.17, 15) is 13.2 Å². The molecule has 0 aliphatic carbocycles. The first kappa shape index (κ1) is 19.2. The third kappa shape index (κ3) is 4.96. The number of carbonyl (C=O) groups is 1. The Kier molecular flexibility index (Phi) is 6.69. The van der Waals surface area contributed by atoms with Crippen molar-refractivity contribution in [3.63, 3.8) is 0 Å². The molecule has 1 saturated heterocycles. The van der Waals surface area contributed by atoms with Crippen LogP contribution in [0.1, 0.15) is 18.4 Å². The first-order valence-corrected chi connectivity index (χ1v) is 10.0. The van der Waals surface area contributed by atoms with Crippen molar-refractivity contribution >= 4 is 39.1 Å². The minimum atomic E-state index is -3.45. The van der Waals surface area contributed by atoms with E-state index in [2.05, 4.69) is 11.9 Å². The number of sulfonamides is 1. The predicted octanol–water partition coefficient (Wildman–Crippen LogP) is 2.84. The topological polar surface area (TPSA) is 66.5 Å². The first-order chi connectivity index (χ1) is 11.3. The summed E-state index contributed by atoms with van der Waals surface area (Å²) in [4.78, 5) is 11.9. The standard InChI is InChI=1S/C16H20Cl2N2O3S/c1-2-7-19-16(21)13-5-8-20(9-6-13)24(22,23)11-12-3-4-14(17)15(18)10-12/h2-4,10,13H,1,5-9,11H2,(H,19,21). The fourth-order valence-corrected chi connectivity index (χ4v) is 4.52. The average molecular weight is 391 g/mol. The van der Waals surface area contributed by atoms with Crippen LogP contribution in [-0.2, 0) is 20.6 Å². The van der Waals surface area contributed by atoms with Gasteiger partial charge in [0.25, 0.3) is 0 Å². The summed E-state index contributed by atoms with van der Waals surface area (Å²) in [5, 5.41) is 3.48. The van der Waals surface area contributed by atoms with Crippen LogP contribution in [0.25, 0.3) is 0 Å². The first-order valence-electron chi connectivity index (χ1n) is 7.64. The molecule has 1 aromatic rings. The summed E-state index contributed by atoms with van der Waals surface area (Å²) < 4.78 is 26.5. The Morgan fingerprint density at radius 1 is 1.29 bits per heavy atom. The van der Waals surface area contributed by atoms with Gasteiger partial charge in [-0.3, -0.25) is 4.79 Å². The molecule has 0 aromatic heterocycles. The number of halogens is 2. The largest absolute Gasteiger partial charge is 0.352 e. The summed E-state index contributed by atoms with van der Waals surface area (Å²) in [6.07, 6.45) is 2.65. The van der Waals surface area contributed by atoms with Crippen molar-refractivity contribution in [2.24, 2.45) is 5.92 Å². The number of hydrogen-bond acceptors (Lipinski definition) is 3. The molecule has 0 atom stereocenters. The molecule has 5 nitrogen and oxygen atoms in total. The number of hydrogen-bond donors (Lipinski definition) is 1. The van der Waals surface area contributed by atoms with E-state index in [0.29, 0.717) is 48.1 Å². The molecule has 24 heavy (non-hydrogen) atoms. The summed E-state index contributed by atoms with van der Waals surface area (Å²) in [6, 6.07) is 4.81. The predicted molar refractivity (Wildman–Crippen MR) is 96.6 cm³/mol. The van der Waals surface area contributed by atoms with Crippen molar-refractivity contribution < 1.29 is 13.2 Å². The quantitative estimate of drug-likeness (QED) is 0.759. The molecule has 2 rings (SSSR count). The van der Waals surface area contributed by atoms with Gasteiger partial charge in [0.05, 0.1) is 15.8 Å². The maximum Gasteiger partial charge on any atom is 0.223 e. The van der Waals surface area contributed by atoms with Gasteiger partial charge < -0.3 is 5.32 Å². The minimum absolute atomic E-state index is 0.0450. The van der Waals surface area contributed by atoms with E-state index in [-0.39, 0.29) is 17.6 Å². The van der Waals surface area contributed by atoms with E-state index in [1.807, 2.05) is 0 Å². The van der Waals surface area contributed by atoms with E-state index >= 15 is 0 Å². The van der Waals surface area contributed by atoms with Crippen LogP contribution in [0.2, 0.25) is 10.0 Å². The van der Waals surface area contributed by atoms with Crippen LogP contribution in [0.4, 0.5) is 0 Å². The molecule has 1 N–H and O–H groups in total. The second kappa shape index (κ2) is 8.34. The molecule has 1 aliphatic heterocycles. The van der Waals surface area contributed by atoms with Gasteiger partial charge in [-0.25, -0.2) is 12.7 Å². The SMILES string of the molecule is C=CCNC(=O)C1CCN(S(=O)(=O)Cc2ccc(Cl)c(Cl)c2)CC1. The Morgan fingerprint density at radius 3 is 2.54 bits per heavy atom. The van der Waals surface area contributed by atoms with Crippen LogP contribution in [0.15, 0.2) is 30.9 Å². The van der Waals surface area contributed by atoms with E-state index in [0.717, 1.165) is 0 Å². The van der Waals surface area contributed by atoms with Crippen molar-refractivity contribution in [2.45, 2.75) is 18.6 Å². The Hall–Kier alpha value is -1.08. The normalized spacial score (nSPS) is 16.8. The molecule has 0 unspecified atom stereocenters. The van der Waals surface area contributed by atoms with Crippen LogP contribution in [0.5, 0.6) is 0 Å². The van der Waals surface area contributed by atoms with Gasteiger partial charge in [0.1, 0.15) is 0 Å². The summed E-state index contributed by atoms with van der Waals surface area (Å²) in [5.74, 6) is -0.324. The highest BCUT2D eigenvalue weighted by Crippen LogP contribution is 2.26. The van der Waals surface area contributed by atoms with Crippen molar-refractivity contribution in [3.8, 4) is 0 Å². The Morgan fingerprint density at radius 2 is 1.96 bits per heavy atom. The lowest BCUT2D eigenvalue weighted by molar-refractivity contribution is -0.125. The van der Waals surface area contributed by atoms with Crippen molar-refractivity contribution in [1.82, 2.24) is 9.62 Å². The lowest BCUT2D eigenvalue weighted by Gasteiger charge is -2.30. The number of benzene rings is 1. The number of carbonyl (C=O) groups excluding carboxylic acids is 1. The number of nitrogens with one attached hydrogen (secondary N) is 1. The third-order valence-electron chi connectivity index (χ3n) is 3.97. The zero-order chi connectivity index (χ0) is 17.7. The highest BCUT2D eigenvalue weighted by Gasteiger charge is 2.31. The molecule has 1 amide bonds. The van der Waals surface area contributed by atoms with E-state index in [4.69, 9.17) is 23.2 Å². The van der Waals surface area contributed by atoms with Crippen molar-refractivity contribution in [2.75, 3.05) is 19.6 Å². The third-order valence-corrected chi connectivity index (χ3v) is 6.56. The summed E-state index contributed by atoms with van der Waals surface area (Å²) >= 11 is 11.8. The number of piperidine rings is 1. The maximum atomic E-state index is 12.5. The number of rotatable bonds is 6. The second-order valence-electron chi connectivity index (χ2n) is 5.71. The van der Waals surface area contributed by atoms with E-state index in [1.165, 1.54) is 4.31 Å². The minimum Gasteiger partial charge on any atom is -0.352 e. The highest BCUT2D eigenvalue weighted by molar-refractivity contribution is 7.88. The molecule has 1 aromatic carbocycles. The van der Waals surface area contributed by atoms with Gasteiger partial charge in [-0.2, -0.15) is 0 Å². The van der Waals surface area contributed by atoms with E-state index < -0.39 is 10.0 Å². The van der Waals surface area contributed by atoms with Crippen molar-refractivity contribution in [3.05, 3.63) is 46.5 Å². The molecule has 0 saturated carbocycles. The lowest BCUT2D eigenvalue weighted by atomic mass is 9.97. The Balaban J connectivity index is 1.95. The molecule has 0 bridgehead atoms. The zero-order valence-electron chi connectivity index (χ0n) is 13.2. The van der Waals surface area contributed by atoms with Gasteiger partial charge in [-0.1, -0.05) is 35.3 Å². The molecule has 0 radical (unpaired) electrons. The fraction of sp³-hybridized carbons (Fsp3) is 0.438. The molecule has 1 heterocycles. The van der Waals surface area contributed by atoms with Crippen LogP contribution in [0.3, 0.4) is 0 Å². The van der Waals surface area contributed by atoms with Gasteiger partial charge in [0, 0.05) is 25.6 Å². The molecular weight excluding hydrogens is 371 g/mol. The van der Waals surface area contributed by atoms with Gasteiger partial charge in [-0.05, 0) is 30.5 Å². The average Bonchev–Trinajstić information content (AvgIpc) is 2.56. The molecule has 0 spiro atoms. The summed E-state index contributed by atoms with van der Waals surface area (Å²) in [6.45, 7) is 4.67. The molecular formula is C16H20Cl2N2O3S. The van der Waals surface area contributed by atoms with Gasteiger partial charge in [0.2, 0.25) is 15.9 Å². The van der Waals surface area contributed by atoms with E-state index in [1.54, 1.807) is 24.3 Å².